The van der Waals surface area contributed by atoms with Crippen molar-refractivity contribution in [3.8, 4) is 0 Å². The van der Waals surface area contributed by atoms with Crippen molar-refractivity contribution in [2.45, 2.75) is 37.1 Å². The van der Waals surface area contributed by atoms with Gasteiger partial charge in [-0.2, -0.15) is 4.98 Å². The van der Waals surface area contributed by atoms with E-state index >= 15 is 0 Å². The predicted octanol–water partition coefficient (Wildman–Crippen LogP) is 2.08. The third-order valence-electron chi connectivity index (χ3n) is 5.93. The van der Waals surface area contributed by atoms with Crippen LogP contribution in [0.4, 0.5) is 23.4 Å². The van der Waals surface area contributed by atoms with Crippen molar-refractivity contribution in [3.63, 3.8) is 0 Å². The first-order valence-electron chi connectivity index (χ1n) is 10.7. The number of nitrogens with zero attached hydrogens (tertiary/aromatic N) is 3. The van der Waals surface area contributed by atoms with Crippen molar-refractivity contribution in [1.82, 2.24) is 19.8 Å². The largest absolute Gasteiger partial charge is 0.386 e. The minimum absolute atomic E-state index is 0.0782. The Morgan fingerprint density at radius 3 is 2.79 bits per heavy atom. The Labute approximate surface area is 192 Å². The number of hydrogen-bond donors (Lipinski definition) is 3. The first-order valence-corrected chi connectivity index (χ1v) is 10.7. The fraction of sp³-hybridized carbons (Fsp3) is 0.409. The van der Waals surface area contributed by atoms with Gasteiger partial charge in [0.05, 0.1) is 12.1 Å². The van der Waals surface area contributed by atoms with Crippen LogP contribution in [0, 0.1) is 17.0 Å². The molecular formula is C22H24F4N6O2. The van der Waals surface area contributed by atoms with E-state index in [0.29, 0.717) is 24.4 Å². The van der Waals surface area contributed by atoms with Crippen molar-refractivity contribution in [2.24, 2.45) is 0 Å². The Bertz CT molecular complexity index is 1150. The first-order chi connectivity index (χ1) is 16.2. The number of rotatable bonds is 6. The van der Waals surface area contributed by atoms with Gasteiger partial charge < -0.3 is 21.2 Å². The van der Waals surface area contributed by atoms with E-state index in [2.05, 4.69) is 10.3 Å². The average molecular weight is 480 g/mol. The molecule has 0 radical (unpaired) electrons. The minimum atomic E-state index is -3.32. The topological polar surface area (TPSA) is 109 Å². The maximum atomic E-state index is 14.8. The van der Waals surface area contributed by atoms with Crippen molar-refractivity contribution in [1.29, 1.82) is 5.41 Å². The maximum absolute atomic E-state index is 14.8. The van der Waals surface area contributed by atoms with Crippen molar-refractivity contribution in [2.75, 3.05) is 25.4 Å². The van der Waals surface area contributed by atoms with Gasteiger partial charge in [-0.15, -0.1) is 0 Å². The molecule has 0 spiro atoms. The van der Waals surface area contributed by atoms with E-state index in [9.17, 15) is 22.4 Å². The number of nitrogens with two attached hydrogens (primary N) is 1. The number of hydrogen-bond acceptors (Lipinski definition) is 7. The third-order valence-corrected chi connectivity index (χ3v) is 5.93. The molecule has 1 aromatic carbocycles. The average Bonchev–Trinajstić information content (AvgIpc) is 3.06. The van der Waals surface area contributed by atoms with Gasteiger partial charge in [0.15, 0.2) is 11.6 Å². The molecule has 8 nitrogen and oxygen atoms in total. The molecule has 2 aliphatic rings. The third kappa shape index (κ3) is 4.97. The monoisotopic (exact) mass is 480 g/mol. The highest BCUT2D eigenvalue weighted by Gasteiger charge is 2.52. The zero-order valence-corrected chi connectivity index (χ0v) is 18.1. The quantitative estimate of drug-likeness (QED) is 0.432. The Morgan fingerprint density at radius 2 is 2.09 bits per heavy atom. The fourth-order valence-electron chi connectivity index (χ4n) is 4.40. The lowest BCUT2D eigenvalue weighted by atomic mass is 9.98. The lowest BCUT2D eigenvalue weighted by Gasteiger charge is -2.39. The highest BCUT2D eigenvalue weighted by Crippen LogP contribution is 2.42. The zero-order chi connectivity index (χ0) is 24.5. The van der Waals surface area contributed by atoms with Gasteiger partial charge in [-0.3, -0.25) is 9.47 Å². The summed E-state index contributed by atoms with van der Waals surface area (Å²) in [5.41, 5.74) is 5.69. The van der Waals surface area contributed by atoms with Crippen LogP contribution in [-0.2, 0) is 11.2 Å². The molecule has 1 aromatic heterocycles. The molecule has 2 fully saturated rings. The predicted molar refractivity (Wildman–Crippen MR) is 117 cm³/mol. The fourth-order valence-corrected chi connectivity index (χ4v) is 4.40. The number of anilines is 1. The molecule has 3 atom stereocenters. The smallest absolute Gasteiger partial charge is 0.351 e. The molecule has 0 amide bonds. The molecule has 4 N–H and O–H groups in total. The van der Waals surface area contributed by atoms with Crippen molar-refractivity contribution in [3.05, 3.63) is 69.9 Å². The van der Waals surface area contributed by atoms with Crippen LogP contribution in [0.2, 0.25) is 0 Å². The molecule has 4 rings (SSSR count). The highest BCUT2D eigenvalue weighted by atomic mass is 19.3. The molecule has 34 heavy (non-hydrogen) atoms. The number of piperazine rings is 1. The van der Waals surface area contributed by atoms with Gasteiger partial charge in [0.25, 0.3) is 5.92 Å². The van der Waals surface area contributed by atoms with Gasteiger partial charge in [-0.05, 0) is 36.3 Å². The molecule has 3 heterocycles. The second-order valence-corrected chi connectivity index (χ2v) is 8.30. The van der Waals surface area contributed by atoms with E-state index in [1.54, 1.807) is 6.08 Å². The Balaban J connectivity index is 1.55. The van der Waals surface area contributed by atoms with E-state index < -0.39 is 48.0 Å². The van der Waals surface area contributed by atoms with Gasteiger partial charge in [0.1, 0.15) is 5.82 Å². The summed E-state index contributed by atoms with van der Waals surface area (Å²) in [5.74, 6) is -5.33. The molecule has 2 saturated heterocycles. The van der Waals surface area contributed by atoms with Crippen LogP contribution >= 0.6 is 0 Å². The summed E-state index contributed by atoms with van der Waals surface area (Å²) in [6, 6.07) is 4.44. The number of nitrogens with one attached hydrogen (secondary N) is 2. The Morgan fingerprint density at radius 1 is 1.29 bits per heavy atom. The lowest BCUT2D eigenvalue weighted by Crippen LogP contribution is -2.52. The van der Waals surface area contributed by atoms with Gasteiger partial charge in [0, 0.05) is 44.2 Å². The van der Waals surface area contributed by atoms with Crippen molar-refractivity contribution >= 4 is 12.0 Å². The molecule has 182 valence electrons. The number of ether oxygens (including phenoxy) is 1. The maximum Gasteiger partial charge on any atom is 0.351 e. The van der Waals surface area contributed by atoms with Gasteiger partial charge >= 0.3 is 5.69 Å². The number of halogens is 4. The van der Waals surface area contributed by atoms with Crippen LogP contribution in [0.1, 0.15) is 18.2 Å². The number of alkyl halides is 2. The second-order valence-electron chi connectivity index (χ2n) is 8.30. The van der Waals surface area contributed by atoms with Crippen LogP contribution in [0.3, 0.4) is 0 Å². The van der Waals surface area contributed by atoms with E-state index in [4.69, 9.17) is 15.9 Å². The van der Waals surface area contributed by atoms with Crippen LogP contribution in [0.25, 0.3) is 0 Å². The van der Waals surface area contributed by atoms with E-state index in [0.717, 1.165) is 29.1 Å². The standard InChI is InChI=1S/C22H24F4N6O2/c23-15-2-1-13(9-16(15)24)10-18-17(3-5-27)29-6-8-31(18)12-14-11-22(25,26)20(34-14)32-7-4-19(28)30-21(32)33/h1-5,7,9,14,18,20,27,29H,6,8,10-12H2,(H2,28,30,33)/b17-3-,27-5?/t14-,18?,20+/m0/s1. The van der Waals surface area contributed by atoms with E-state index in [1.807, 2.05) is 4.90 Å². The summed E-state index contributed by atoms with van der Waals surface area (Å²) in [6.07, 6.45) is 0.702. The van der Waals surface area contributed by atoms with Crippen LogP contribution in [0.5, 0.6) is 0 Å². The molecule has 1 unspecified atom stereocenters. The molecule has 0 saturated carbocycles. The highest BCUT2D eigenvalue weighted by molar-refractivity contribution is 5.69. The lowest BCUT2D eigenvalue weighted by molar-refractivity contribution is -0.119. The van der Waals surface area contributed by atoms with Gasteiger partial charge in [-0.25, -0.2) is 22.4 Å². The van der Waals surface area contributed by atoms with Crippen LogP contribution < -0.4 is 16.7 Å². The number of benzene rings is 1. The summed E-state index contributed by atoms with van der Waals surface area (Å²) in [7, 11) is 0. The molecule has 2 aromatic rings. The molecule has 0 bridgehead atoms. The van der Waals surface area contributed by atoms with Gasteiger partial charge in [0.2, 0.25) is 6.23 Å². The van der Waals surface area contributed by atoms with Gasteiger partial charge in [-0.1, -0.05) is 6.07 Å². The summed E-state index contributed by atoms with van der Waals surface area (Å²) in [6.45, 7) is 1.08. The van der Waals surface area contributed by atoms with Crippen LogP contribution in [0.15, 0.2) is 47.0 Å². The number of aromatic nitrogens is 2. The minimum Gasteiger partial charge on any atom is -0.386 e. The summed E-state index contributed by atoms with van der Waals surface area (Å²) in [5, 5.41) is 10.6. The Hall–Kier alpha value is -3.25. The summed E-state index contributed by atoms with van der Waals surface area (Å²) < 4.78 is 63.1. The van der Waals surface area contributed by atoms with Crippen LogP contribution in [-0.4, -0.2) is 58.4 Å². The number of allylic oxidation sites excluding steroid dienone is 1. The molecule has 12 heteroatoms. The molecule has 0 aliphatic carbocycles. The first kappa shape index (κ1) is 23.9. The second kappa shape index (κ2) is 9.55. The zero-order valence-electron chi connectivity index (χ0n) is 18.1. The molecular weight excluding hydrogens is 456 g/mol. The van der Waals surface area contributed by atoms with E-state index in [-0.39, 0.29) is 18.8 Å². The summed E-state index contributed by atoms with van der Waals surface area (Å²) >= 11 is 0. The molecule has 2 aliphatic heterocycles. The summed E-state index contributed by atoms with van der Waals surface area (Å²) in [4.78, 5) is 17.5. The normalized spacial score (nSPS) is 25.9. The number of nitrogen functional groups attached to an aromatic ring is 1. The van der Waals surface area contributed by atoms with Crippen molar-refractivity contribution < 1.29 is 22.3 Å². The Kier molecular flexibility index (Phi) is 6.71. The SMILES string of the molecule is N=C/C=C1\NCCN(C[C@@H]2CC(F)(F)[C@H](n3ccc(N)nc3=O)O2)C1Cc1ccc(F)c(F)c1. The van der Waals surface area contributed by atoms with E-state index in [1.165, 1.54) is 12.1 Å².